The number of alkyl halides is 3. The number of rotatable bonds is 3. The number of halogens is 4. The molecule has 28 heavy (non-hydrogen) atoms. The molecule has 2 heterocycles. The van der Waals surface area contributed by atoms with Crippen LogP contribution in [0.25, 0.3) is 28.4 Å². The minimum absolute atomic E-state index is 0.135. The lowest BCUT2D eigenvalue weighted by atomic mass is 9.97. The molecule has 0 aliphatic heterocycles. The molecule has 0 amide bonds. The summed E-state index contributed by atoms with van der Waals surface area (Å²) in [7, 11) is 0. The number of benzene rings is 1. The molecular weight excluding hydrogens is 389 g/mol. The third-order valence-electron chi connectivity index (χ3n) is 4.62. The lowest BCUT2D eigenvalue weighted by Gasteiger charge is -2.17. The average Bonchev–Trinajstić information content (AvgIpc) is 3.29. The van der Waals surface area contributed by atoms with Gasteiger partial charge in [-0.25, -0.2) is 4.98 Å². The van der Waals surface area contributed by atoms with Gasteiger partial charge in [0.1, 0.15) is 5.76 Å². The molecule has 0 saturated carbocycles. The van der Waals surface area contributed by atoms with Crippen molar-refractivity contribution in [2.45, 2.75) is 25.9 Å². The van der Waals surface area contributed by atoms with Gasteiger partial charge in [-0.3, -0.25) is 0 Å². The lowest BCUT2D eigenvalue weighted by molar-refractivity contribution is -0.0888. The largest absolute Gasteiger partial charge is 0.453 e. The van der Waals surface area contributed by atoms with E-state index in [1.807, 2.05) is 37.3 Å². The van der Waals surface area contributed by atoms with Crippen molar-refractivity contribution in [3.63, 3.8) is 0 Å². The predicted octanol–water partition coefficient (Wildman–Crippen LogP) is 6.88. The average molecular weight is 405 g/mol. The van der Waals surface area contributed by atoms with Gasteiger partial charge in [-0.1, -0.05) is 41.9 Å². The van der Waals surface area contributed by atoms with Gasteiger partial charge in [0.15, 0.2) is 11.6 Å². The number of H-pyrrole nitrogens is 1. The van der Waals surface area contributed by atoms with Crippen molar-refractivity contribution in [2.24, 2.45) is 0 Å². The number of hydrogen-bond donors (Lipinski definition) is 1. The van der Waals surface area contributed by atoms with Crippen molar-refractivity contribution in [1.82, 2.24) is 9.97 Å². The summed E-state index contributed by atoms with van der Waals surface area (Å²) in [6, 6.07) is 13.1. The van der Waals surface area contributed by atoms with E-state index in [0.29, 0.717) is 29.3 Å². The number of furan rings is 1. The fraction of sp³-hybridized carbons (Fsp3) is 0.190. The zero-order valence-corrected chi connectivity index (χ0v) is 15.7. The van der Waals surface area contributed by atoms with Crippen molar-refractivity contribution >= 4 is 17.2 Å². The second kappa shape index (κ2) is 7.02. The van der Waals surface area contributed by atoms with E-state index in [0.717, 1.165) is 23.0 Å². The van der Waals surface area contributed by atoms with Crippen molar-refractivity contribution in [2.75, 3.05) is 0 Å². The van der Waals surface area contributed by atoms with E-state index in [9.17, 15) is 13.2 Å². The molecule has 3 nitrogen and oxygen atoms in total. The maximum atomic E-state index is 13.1. The van der Waals surface area contributed by atoms with Crippen LogP contribution in [0.3, 0.4) is 0 Å². The molecule has 4 rings (SSSR count). The molecule has 1 aromatic carbocycles. The second-order valence-electron chi connectivity index (χ2n) is 6.57. The van der Waals surface area contributed by atoms with Crippen LogP contribution in [0, 0.1) is 6.92 Å². The lowest BCUT2D eigenvalue weighted by Crippen LogP contribution is -2.14. The first kappa shape index (κ1) is 18.6. The van der Waals surface area contributed by atoms with E-state index in [-0.39, 0.29) is 11.5 Å². The Labute approximate surface area is 164 Å². The summed E-state index contributed by atoms with van der Waals surface area (Å²) in [6.07, 6.45) is -2.90. The molecule has 2 aromatic heterocycles. The van der Waals surface area contributed by atoms with Gasteiger partial charge in [0.05, 0.1) is 11.3 Å². The molecule has 7 heteroatoms. The highest BCUT2D eigenvalue weighted by Crippen LogP contribution is 2.41. The van der Waals surface area contributed by atoms with Crippen LogP contribution in [0.1, 0.15) is 24.3 Å². The molecule has 1 N–H and O–H groups in total. The van der Waals surface area contributed by atoms with E-state index < -0.39 is 11.7 Å². The topological polar surface area (TPSA) is 41.8 Å². The zero-order chi connectivity index (χ0) is 19.9. The Kier molecular flexibility index (Phi) is 4.67. The summed E-state index contributed by atoms with van der Waals surface area (Å²) < 4.78 is 45.2. The number of aromatic amines is 1. The van der Waals surface area contributed by atoms with Crippen molar-refractivity contribution in [3.8, 4) is 22.8 Å². The summed E-state index contributed by atoms with van der Waals surface area (Å²) in [4.78, 5) is 7.78. The quantitative estimate of drug-likeness (QED) is 0.517. The maximum absolute atomic E-state index is 13.1. The van der Waals surface area contributed by atoms with Crippen LogP contribution in [0.4, 0.5) is 13.2 Å². The van der Waals surface area contributed by atoms with Gasteiger partial charge in [0.2, 0.25) is 0 Å². The van der Waals surface area contributed by atoms with Crippen molar-refractivity contribution in [1.29, 1.82) is 0 Å². The highest BCUT2D eigenvalue weighted by molar-refractivity contribution is 6.30. The normalized spacial score (nSPS) is 15.1. The summed E-state index contributed by atoms with van der Waals surface area (Å²) in [5.74, 6) is 1.38. The molecular formula is C21H16ClF3N2O. The van der Waals surface area contributed by atoms with E-state index in [1.165, 1.54) is 0 Å². The van der Waals surface area contributed by atoms with Gasteiger partial charge in [0, 0.05) is 16.3 Å². The SMILES string of the molecule is Cc1[nH]c(-c2ccc(C3=CC(C(F)(F)F)=C(Cl)CC3)o2)nc1-c1ccccc1. The van der Waals surface area contributed by atoms with E-state index >= 15 is 0 Å². The number of nitrogens with zero attached hydrogens (tertiary/aromatic N) is 1. The van der Waals surface area contributed by atoms with Crippen LogP contribution in [0.2, 0.25) is 0 Å². The first-order chi connectivity index (χ1) is 13.3. The molecule has 0 fully saturated rings. The molecule has 0 atom stereocenters. The van der Waals surface area contributed by atoms with Crippen molar-refractivity contribution < 1.29 is 17.6 Å². The van der Waals surface area contributed by atoms with E-state index in [4.69, 9.17) is 16.0 Å². The molecule has 1 aliphatic carbocycles. The van der Waals surface area contributed by atoms with Crippen LogP contribution < -0.4 is 0 Å². The highest BCUT2D eigenvalue weighted by atomic mass is 35.5. The molecule has 1 aliphatic rings. The molecule has 0 saturated heterocycles. The number of aryl methyl sites for hydroxylation is 1. The van der Waals surface area contributed by atoms with Gasteiger partial charge in [-0.15, -0.1) is 0 Å². The van der Waals surface area contributed by atoms with Crippen LogP contribution in [0.15, 0.2) is 63.6 Å². The molecule has 144 valence electrons. The summed E-state index contributed by atoms with van der Waals surface area (Å²) in [5.41, 5.74) is 2.31. The summed E-state index contributed by atoms with van der Waals surface area (Å²) in [5, 5.41) is -0.169. The number of nitrogens with one attached hydrogen (secondary N) is 1. The van der Waals surface area contributed by atoms with Gasteiger partial charge < -0.3 is 9.40 Å². The van der Waals surface area contributed by atoms with Crippen LogP contribution in [0.5, 0.6) is 0 Å². The molecule has 3 aromatic rings. The van der Waals surface area contributed by atoms with Gasteiger partial charge in [-0.2, -0.15) is 13.2 Å². The Morgan fingerprint density at radius 1 is 1.04 bits per heavy atom. The zero-order valence-electron chi connectivity index (χ0n) is 14.9. The monoisotopic (exact) mass is 404 g/mol. The molecule has 0 bridgehead atoms. The van der Waals surface area contributed by atoms with Crippen LogP contribution in [-0.2, 0) is 0 Å². The number of allylic oxidation sites excluding steroid dienone is 4. The van der Waals surface area contributed by atoms with E-state index in [1.54, 1.807) is 12.1 Å². The van der Waals surface area contributed by atoms with Crippen LogP contribution >= 0.6 is 11.6 Å². The van der Waals surface area contributed by atoms with Gasteiger partial charge >= 0.3 is 6.18 Å². The third kappa shape index (κ3) is 3.52. The maximum Gasteiger partial charge on any atom is 0.417 e. The predicted molar refractivity (Wildman–Crippen MR) is 103 cm³/mol. The Bertz CT molecular complexity index is 1070. The second-order valence-corrected chi connectivity index (χ2v) is 7.03. The Hall–Kier alpha value is -2.73. The number of hydrogen-bond acceptors (Lipinski definition) is 2. The van der Waals surface area contributed by atoms with E-state index in [2.05, 4.69) is 9.97 Å². The first-order valence-electron chi connectivity index (χ1n) is 8.72. The smallest absolute Gasteiger partial charge is 0.417 e. The van der Waals surface area contributed by atoms with Crippen LogP contribution in [-0.4, -0.2) is 16.1 Å². The molecule has 0 spiro atoms. The fourth-order valence-electron chi connectivity index (χ4n) is 3.23. The minimum atomic E-state index is -4.49. The highest BCUT2D eigenvalue weighted by Gasteiger charge is 2.36. The third-order valence-corrected chi connectivity index (χ3v) is 5.01. The Morgan fingerprint density at radius 3 is 2.46 bits per heavy atom. The Balaban J connectivity index is 1.66. The van der Waals surface area contributed by atoms with Gasteiger partial charge in [-0.05, 0) is 43.5 Å². The number of aromatic nitrogens is 2. The number of imidazole rings is 1. The summed E-state index contributed by atoms with van der Waals surface area (Å²) >= 11 is 5.77. The fourth-order valence-corrected chi connectivity index (χ4v) is 3.48. The molecule has 0 unspecified atom stereocenters. The van der Waals surface area contributed by atoms with Gasteiger partial charge in [0.25, 0.3) is 0 Å². The van der Waals surface area contributed by atoms with Crippen molar-refractivity contribution in [3.05, 3.63) is 70.6 Å². The first-order valence-corrected chi connectivity index (χ1v) is 9.10. The minimum Gasteiger partial charge on any atom is -0.453 e. The molecule has 0 radical (unpaired) electrons. The standard InChI is InChI=1S/C21H16ClF3N2O/c1-12-19(13-5-3-2-4-6-13)27-20(26-12)18-10-9-17(28-18)14-7-8-16(22)15(11-14)21(23,24)25/h2-6,9-11H,7-8H2,1H3,(H,26,27). The summed E-state index contributed by atoms with van der Waals surface area (Å²) in [6.45, 7) is 1.91. The Morgan fingerprint density at radius 2 is 1.75 bits per heavy atom.